The van der Waals surface area contributed by atoms with Gasteiger partial charge in [0.15, 0.2) is 0 Å². The van der Waals surface area contributed by atoms with Crippen molar-refractivity contribution in [1.82, 2.24) is 5.32 Å². The van der Waals surface area contributed by atoms with Gasteiger partial charge < -0.3 is 25.7 Å². The van der Waals surface area contributed by atoms with E-state index in [1.807, 2.05) is 0 Å². The molecule has 0 aromatic carbocycles. The summed E-state index contributed by atoms with van der Waals surface area (Å²) in [6.45, 7) is 4.07. The van der Waals surface area contributed by atoms with Gasteiger partial charge in [0.1, 0.15) is 12.2 Å². The summed E-state index contributed by atoms with van der Waals surface area (Å²) in [7, 11) is 0. The monoisotopic (exact) mass is 850 g/mol. The van der Waals surface area contributed by atoms with Gasteiger partial charge in [0.2, 0.25) is 5.91 Å². The minimum atomic E-state index is -1.28. The fourth-order valence-corrected chi connectivity index (χ4v) is 8.70. The molecule has 4 unspecified atom stereocenters. The van der Waals surface area contributed by atoms with Crippen LogP contribution in [0.4, 0.5) is 0 Å². The average molecular weight is 850 g/mol. The summed E-state index contributed by atoms with van der Waals surface area (Å²) in [4.78, 5) is 12.5. The van der Waals surface area contributed by atoms with E-state index in [0.717, 1.165) is 38.5 Å². The van der Waals surface area contributed by atoms with E-state index in [1.165, 1.54) is 231 Å². The molecule has 1 amide bonds. The molecule has 0 heterocycles. The largest absolute Gasteiger partial charge is 0.394 e. The number of aliphatic hydroxyl groups excluding tert-OH is 4. The Hall–Kier alpha value is -0.950. The van der Waals surface area contributed by atoms with Crippen LogP contribution in [0.2, 0.25) is 0 Å². The van der Waals surface area contributed by atoms with Gasteiger partial charge in [-0.25, -0.2) is 0 Å². The number of carbonyl (C=O) groups is 1. The van der Waals surface area contributed by atoms with Crippen molar-refractivity contribution in [2.45, 2.75) is 321 Å². The molecule has 5 N–H and O–H groups in total. The first-order valence-corrected chi connectivity index (χ1v) is 27.1. The molecule has 0 aliphatic heterocycles. The molecule has 6 heteroatoms. The van der Waals surface area contributed by atoms with Crippen molar-refractivity contribution in [2.24, 2.45) is 0 Å². The molecule has 358 valence electrons. The van der Waals surface area contributed by atoms with Gasteiger partial charge in [0.25, 0.3) is 0 Å². The maximum atomic E-state index is 12.5. The quantitative estimate of drug-likeness (QED) is 0.0309. The predicted molar refractivity (Wildman–Crippen MR) is 261 cm³/mol. The molecule has 0 radical (unpaired) electrons. The number of unbranched alkanes of at least 4 members (excludes halogenated alkanes) is 39. The molecule has 0 saturated heterocycles. The molecule has 0 fully saturated rings. The molecule has 6 nitrogen and oxygen atoms in total. The summed E-state index contributed by atoms with van der Waals surface area (Å²) < 4.78 is 0. The number of aliphatic hydroxyl groups is 4. The minimum absolute atomic E-state index is 0.368. The lowest BCUT2D eigenvalue weighted by molar-refractivity contribution is -0.132. The van der Waals surface area contributed by atoms with Crippen molar-refractivity contribution in [1.29, 1.82) is 0 Å². The second kappa shape index (κ2) is 49.1. The molecular weight excluding hydrogens is 743 g/mol. The van der Waals surface area contributed by atoms with Crippen LogP contribution in [-0.2, 0) is 4.79 Å². The highest BCUT2D eigenvalue weighted by atomic mass is 16.3. The van der Waals surface area contributed by atoms with Crippen LogP contribution < -0.4 is 5.32 Å². The maximum absolute atomic E-state index is 12.5. The smallest absolute Gasteiger partial charge is 0.249 e. The van der Waals surface area contributed by atoms with Gasteiger partial charge in [-0.15, -0.1) is 0 Å². The SMILES string of the molecule is CCCCCCCCCCCCCCCCCCCCCCCCCCC/C=C/CCCC(O)C(O)C(CO)NC(=O)C(O)CCCCCCCCCCCCCCCC. The molecule has 0 aromatic heterocycles. The first-order chi connectivity index (χ1) is 29.5. The Balaban J connectivity index is 3.59. The van der Waals surface area contributed by atoms with Crippen LogP contribution in [-0.4, -0.2) is 57.3 Å². The van der Waals surface area contributed by atoms with Gasteiger partial charge in [0, 0.05) is 0 Å². The van der Waals surface area contributed by atoms with E-state index in [-0.39, 0.29) is 0 Å². The molecular formula is C54H107NO5. The highest BCUT2D eigenvalue weighted by Crippen LogP contribution is 2.18. The number of rotatable bonds is 50. The zero-order valence-electron chi connectivity index (χ0n) is 40.5. The van der Waals surface area contributed by atoms with Crippen molar-refractivity contribution < 1.29 is 25.2 Å². The van der Waals surface area contributed by atoms with Crippen LogP contribution >= 0.6 is 0 Å². The zero-order valence-corrected chi connectivity index (χ0v) is 40.5. The molecule has 0 aromatic rings. The van der Waals surface area contributed by atoms with Crippen molar-refractivity contribution in [2.75, 3.05) is 6.61 Å². The number of hydrogen-bond acceptors (Lipinski definition) is 5. The molecule has 0 aliphatic rings. The van der Waals surface area contributed by atoms with Crippen LogP contribution in [0.25, 0.3) is 0 Å². The van der Waals surface area contributed by atoms with Crippen molar-refractivity contribution in [3.8, 4) is 0 Å². The van der Waals surface area contributed by atoms with E-state index >= 15 is 0 Å². The van der Waals surface area contributed by atoms with Crippen LogP contribution in [0.3, 0.4) is 0 Å². The van der Waals surface area contributed by atoms with Gasteiger partial charge in [0.05, 0.1) is 18.8 Å². The fourth-order valence-electron chi connectivity index (χ4n) is 8.70. The number of allylic oxidation sites excluding steroid dienone is 2. The molecule has 0 aliphatic carbocycles. The average Bonchev–Trinajstić information content (AvgIpc) is 3.25. The second-order valence-electron chi connectivity index (χ2n) is 18.9. The topological polar surface area (TPSA) is 110 Å². The van der Waals surface area contributed by atoms with Gasteiger partial charge in [-0.2, -0.15) is 0 Å². The van der Waals surface area contributed by atoms with Crippen molar-refractivity contribution in [3.63, 3.8) is 0 Å². The van der Waals surface area contributed by atoms with Crippen LogP contribution in [0, 0.1) is 0 Å². The third-order valence-electron chi connectivity index (χ3n) is 13.0. The summed E-state index contributed by atoms with van der Waals surface area (Å²) in [5.74, 6) is -0.589. The molecule has 4 atom stereocenters. The number of amides is 1. The summed E-state index contributed by atoms with van der Waals surface area (Å²) >= 11 is 0. The van der Waals surface area contributed by atoms with Gasteiger partial charge in [-0.3, -0.25) is 4.79 Å². The normalized spacial score (nSPS) is 13.9. The first-order valence-electron chi connectivity index (χ1n) is 27.1. The number of nitrogens with one attached hydrogen (secondary N) is 1. The second-order valence-corrected chi connectivity index (χ2v) is 18.9. The molecule has 0 saturated carbocycles. The van der Waals surface area contributed by atoms with Gasteiger partial charge in [-0.1, -0.05) is 270 Å². The minimum Gasteiger partial charge on any atom is -0.394 e. The van der Waals surface area contributed by atoms with E-state index in [9.17, 15) is 25.2 Å². The van der Waals surface area contributed by atoms with Crippen LogP contribution in [0.15, 0.2) is 12.2 Å². The lowest BCUT2D eigenvalue weighted by Gasteiger charge is -2.27. The van der Waals surface area contributed by atoms with E-state index in [0.29, 0.717) is 12.8 Å². The lowest BCUT2D eigenvalue weighted by atomic mass is 10.00. The summed E-state index contributed by atoms with van der Waals surface area (Å²) in [5.41, 5.74) is 0. The molecule has 0 spiro atoms. The third-order valence-corrected chi connectivity index (χ3v) is 13.0. The fraction of sp³-hybridized carbons (Fsp3) is 0.944. The van der Waals surface area contributed by atoms with Crippen molar-refractivity contribution >= 4 is 5.91 Å². The Morgan fingerprint density at radius 1 is 0.400 bits per heavy atom. The van der Waals surface area contributed by atoms with Gasteiger partial charge in [-0.05, 0) is 38.5 Å². The van der Waals surface area contributed by atoms with E-state index in [4.69, 9.17) is 0 Å². The van der Waals surface area contributed by atoms with Crippen LogP contribution in [0.1, 0.15) is 296 Å². The summed E-state index contributed by atoms with van der Waals surface area (Å²) in [5, 5.41) is 43.8. The Labute approximate surface area is 374 Å². The molecule has 60 heavy (non-hydrogen) atoms. The first kappa shape index (κ1) is 59.0. The molecule has 0 rings (SSSR count). The number of carbonyl (C=O) groups excluding carboxylic acids is 1. The maximum Gasteiger partial charge on any atom is 0.249 e. The summed E-state index contributed by atoms with van der Waals surface area (Å²) in [6, 6.07) is -0.998. The number of hydrogen-bond donors (Lipinski definition) is 5. The zero-order chi connectivity index (χ0) is 43.8. The van der Waals surface area contributed by atoms with Crippen molar-refractivity contribution in [3.05, 3.63) is 12.2 Å². The lowest BCUT2D eigenvalue weighted by Crippen LogP contribution is -2.53. The summed E-state index contributed by atoms with van der Waals surface area (Å²) in [6.07, 6.45) is 57.2. The van der Waals surface area contributed by atoms with E-state index < -0.39 is 36.9 Å². The van der Waals surface area contributed by atoms with Crippen LogP contribution in [0.5, 0.6) is 0 Å². The Kier molecular flexibility index (Phi) is 48.3. The van der Waals surface area contributed by atoms with Gasteiger partial charge >= 0.3 is 0 Å². The Morgan fingerprint density at radius 3 is 1.00 bits per heavy atom. The Morgan fingerprint density at radius 2 is 0.683 bits per heavy atom. The third kappa shape index (κ3) is 42.4. The standard InChI is InChI=1S/C54H107NO5/c1-3-5-7-9-11-13-15-17-19-20-21-22-23-24-25-26-27-28-29-30-31-32-33-34-36-37-39-41-43-45-47-51(57)53(59)50(49-56)55-54(60)52(58)48-46-44-42-40-38-35-18-16-14-12-10-8-6-4-2/h39,41,50-53,56-59H,3-38,40,42-49H2,1-2H3,(H,55,60)/b41-39+. The molecule has 0 bridgehead atoms. The highest BCUT2D eigenvalue weighted by molar-refractivity contribution is 5.80. The predicted octanol–water partition coefficient (Wildman–Crippen LogP) is 15.3. The van der Waals surface area contributed by atoms with E-state index in [1.54, 1.807) is 0 Å². The van der Waals surface area contributed by atoms with E-state index in [2.05, 4.69) is 31.3 Å². The highest BCUT2D eigenvalue weighted by Gasteiger charge is 2.28. The Bertz CT molecular complexity index is 867.